The molecule has 0 saturated carbocycles. The van der Waals surface area contributed by atoms with Crippen LogP contribution in [0.4, 0.5) is 0 Å². The maximum absolute atomic E-state index is 11.8. The van der Waals surface area contributed by atoms with Crippen molar-refractivity contribution in [3.63, 3.8) is 0 Å². The summed E-state index contributed by atoms with van der Waals surface area (Å²) < 4.78 is 0. The van der Waals surface area contributed by atoms with Crippen LogP contribution >= 0.6 is 22.9 Å². The lowest BCUT2D eigenvalue weighted by molar-refractivity contribution is 0.0957. The molecule has 1 amide bonds. The number of nitrogens with zero attached hydrogens (tertiary/aromatic N) is 1. The van der Waals surface area contributed by atoms with E-state index in [2.05, 4.69) is 20.9 Å². The molecule has 0 aliphatic heterocycles. The van der Waals surface area contributed by atoms with E-state index in [-0.39, 0.29) is 5.91 Å². The first-order valence-electron chi connectivity index (χ1n) is 8.19. The van der Waals surface area contributed by atoms with Crippen LogP contribution in [0.25, 0.3) is 0 Å². The minimum Gasteiger partial charge on any atom is -0.356 e. The third-order valence-corrected chi connectivity index (χ3v) is 4.64. The quantitative estimate of drug-likeness (QED) is 0.376. The van der Waals surface area contributed by atoms with Gasteiger partial charge in [0.05, 0.1) is 4.88 Å². The number of rotatable bonds is 8. The fraction of sp³-hybridized carbons (Fsp3) is 0.333. The van der Waals surface area contributed by atoms with Crippen molar-refractivity contribution in [2.24, 2.45) is 4.99 Å². The zero-order valence-corrected chi connectivity index (χ0v) is 15.8. The van der Waals surface area contributed by atoms with Crippen LogP contribution in [0.3, 0.4) is 0 Å². The number of hydrogen-bond acceptors (Lipinski definition) is 3. The second kappa shape index (κ2) is 10.7. The number of halogens is 1. The highest BCUT2D eigenvalue weighted by Gasteiger charge is 2.04. The standard InChI is InChI=1S/C18H23ClN4OS/c1-20-18(23-12-9-14-5-7-15(19)8-6-14)22-11-3-10-21-17(24)16-4-2-13-25-16/h2,4-8,13H,3,9-12H2,1H3,(H,21,24)(H2,20,22,23). The average Bonchev–Trinajstić information content (AvgIpc) is 3.16. The number of carbonyl (C=O) groups excluding carboxylic acids is 1. The average molecular weight is 379 g/mol. The largest absolute Gasteiger partial charge is 0.356 e. The SMILES string of the molecule is CN=C(NCCCNC(=O)c1cccs1)NCCc1ccc(Cl)cc1. The molecule has 25 heavy (non-hydrogen) atoms. The van der Waals surface area contributed by atoms with Gasteiger partial charge in [-0.1, -0.05) is 29.8 Å². The van der Waals surface area contributed by atoms with Gasteiger partial charge in [-0.15, -0.1) is 11.3 Å². The molecule has 0 atom stereocenters. The zero-order chi connectivity index (χ0) is 17.9. The third kappa shape index (κ3) is 7.15. The topological polar surface area (TPSA) is 65.5 Å². The van der Waals surface area contributed by atoms with Crippen molar-refractivity contribution in [3.8, 4) is 0 Å². The van der Waals surface area contributed by atoms with Crippen molar-refractivity contribution in [1.29, 1.82) is 0 Å². The number of carbonyl (C=O) groups is 1. The minimum atomic E-state index is -0.0135. The predicted molar refractivity (Wildman–Crippen MR) is 106 cm³/mol. The summed E-state index contributed by atoms with van der Waals surface area (Å²) in [6.07, 6.45) is 1.73. The Morgan fingerprint density at radius 2 is 1.80 bits per heavy atom. The molecule has 0 aliphatic carbocycles. The van der Waals surface area contributed by atoms with Crippen LogP contribution in [-0.4, -0.2) is 38.5 Å². The Kier molecular flexibility index (Phi) is 8.28. The van der Waals surface area contributed by atoms with Gasteiger partial charge >= 0.3 is 0 Å². The Balaban J connectivity index is 1.57. The summed E-state index contributed by atoms with van der Waals surface area (Å²) in [5.74, 6) is 0.749. The highest BCUT2D eigenvalue weighted by atomic mass is 35.5. The molecule has 5 nitrogen and oxygen atoms in total. The van der Waals surface area contributed by atoms with Gasteiger partial charge in [0.15, 0.2) is 5.96 Å². The molecule has 0 bridgehead atoms. The molecule has 134 valence electrons. The molecule has 0 spiro atoms. The van der Waals surface area contributed by atoms with E-state index in [9.17, 15) is 4.79 Å². The molecule has 0 aliphatic rings. The number of guanidine groups is 1. The van der Waals surface area contributed by atoms with Crippen LogP contribution in [0.5, 0.6) is 0 Å². The Hall–Kier alpha value is -2.05. The first-order valence-corrected chi connectivity index (χ1v) is 9.45. The van der Waals surface area contributed by atoms with Gasteiger partial charge in [-0.2, -0.15) is 0 Å². The molecular weight excluding hydrogens is 356 g/mol. The molecule has 1 aromatic carbocycles. The monoisotopic (exact) mass is 378 g/mol. The van der Waals surface area contributed by atoms with E-state index in [1.165, 1.54) is 16.9 Å². The number of hydrogen-bond donors (Lipinski definition) is 3. The highest BCUT2D eigenvalue weighted by molar-refractivity contribution is 7.12. The summed E-state index contributed by atoms with van der Waals surface area (Å²) >= 11 is 7.33. The van der Waals surface area contributed by atoms with E-state index in [1.54, 1.807) is 7.05 Å². The summed E-state index contributed by atoms with van der Waals surface area (Å²) in [6, 6.07) is 11.5. The number of amides is 1. The van der Waals surface area contributed by atoms with Gasteiger partial charge in [-0.05, 0) is 42.0 Å². The number of nitrogens with one attached hydrogen (secondary N) is 3. The van der Waals surface area contributed by atoms with Gasteiger partial charge in [-0.3, -0.25) is 9.79 Å². The van der Waals surface area contributed by atoms with E-state index in [0.29, 0.717) is 6.54 Å². The molecule has 1 aromatic heterocycles. The molecule has 0 saturated heterocycles. The van der Waals surface area contributed by atoms with Crippen molar-refractivity contribution >= 4 is 34.8 Å². The molecule has 2 rings (SSSR count). The normalized spacial score (nSPS) is 11.2. The highest BCUT2D eigenvalue weighted by Crippen LogP contribution is 2.09. The van der Waals surface area contributed by atoms with E-state index < -0.39 is 0 Å². The van der Waals surface area contributed by atoms with E-state index in [4.69, 9.17) is 11.6 Å². The first kappa shape index (κ1) is 19.3. The Morgan fingerprint density at radius 3 is 2.48 bits per heavy atom. The maximum Gasteiger partial charge on any atom is 0.261 e. The summed E-state index contributed by atoms with van der Waals surface area (Å²) in [4.78, 5) is 16.7. The second-order valence-electron chi connectivity index (χ2n) is 5.39. The van der Waals surface area contributed by atoms with Crippen LogP contribution in [-0.2, 0) is 6.42 Å². The van der Waals surface area contributed by atoms with Gasteiger partial charge < -0.3 is 16.0 Å². The summed E-state index contributed by atoms with van der Waals surface area (Å²) in [5.41, 5.74) is 1.23. The number of aliphatic imine (C=N–C) groups is 1. The molecule has 3 N–H and O–H groups in total. The molecule has 2 aromatic rings. The molecule has 0 radical (unpaired) electrons. The third-order valence-electron chi connectivity index (χ3n) is 3.52. The lowest BCUT2D eigenvalue weighted by atomic mass is 10.1. The van der Waals surface area contributed by atoms with Gasteiger partial charge in [0.2, 0.25) is 0 Å². The molecule has 1 heterocycles. The maximum atomic E-state index is 11.8. The van der Waals surface area contributed by atoms with Crippen LogP contribution < -0.4 is 16.0 Å². The van der Waals surface area contributed by atoms with Crippen LogP contribution in [0.15, 0.2) is 46.8 Å². The molecule has 7 heteroatoms. The second-order valence-corrected chi connectivity index (χ2v) is 6.77. The fourth-order valence-corrected chi connectivity index (χ4v) is 2.95. The summed E-state index contributed by atoms with van der Waals surface area (Å²) in [5, 5.41) is 12.1. The predicted octanol–water partition coefficient (Wildman–Crippen LogP) is 2.93. The molecule has 0 unspecified atom stereocenters. The van der Waals surface area contributed by atoms with Gasteiger partial charge in [-0.25, -0.2) is 0 Å². The Bertz CT molecular complexity index is 671. The smallest absolute Gasteiger partial charge is 0.261 e. The van der Waals surface area contributed by atoms with Crippen LogP contribution in [0.1, 0.15) is 21.7 Å². The first-order chi connectivity index (χ1) is 12.2. The van der Waals surface area contributed by atoms with E-state index in [1.807, 2.05) is 41.8 Å². The Morgan fingerprint density at radius 1 is 1.08 bits per heavy atom. The van der Waals surface area contributed by atoms with Crippen molar-refractivity contribution < 1.29 is 4.79 Å². The lowest BCUT2D eigenvalue weighted by Gasteiger charge is -2.12. The van der Waals surface area contributed by atoms with Crippen LogP contribution in [0, 0.1) is 0 Å². The van der Waals surface area contributed by atoms with Crippen molar-refractivity contribution in [1.82, 2.24) is 16.0 Å². The number of benzene rings is 1. The molecule has 0 fully saturated rings. The van der Waals surface area contributed by atoms with E-state index >= 15 is 0 Å². The molecular formula is C18H23ClN4OS. The summed E-state index contributed by atoms with van der Waals surface area (Å²) in [7, 11) is 1.75. The van der Waals surface area contributed by atoms with Crippen molar-refractivity contribution in [3.05, 3.63) is 57.2 Å². The number of thiophene rings is 1. The van der Waals surface area contributed by atoms with Crippen molar-refractivity contribution in [2.75, 3.05) is 26.7 Å². The van der Waals surface area contributed by atoms with Gasteiger partial charge in [0, 0.05) is 31.7 Å². The summed E-state index contributed by atoms with van der Waals surface area (Å²) in [6.45, 7) is 2.16. The van der Waals surface area contributed by atoms with Crippen molar-refractivity contribution in [2.45, 2.75) is 12.8 Å². The Labute approximate surface area is 157 Å². The lowest BCUT2D eigenvalue weighted by Crippen LogP contribution is -2.39. The van der Waals surface area contributed by atoms with E-state index in [0.717, 1.165) is 41.8 Å². The van der Waals surface area contributed by atoms with Crippen LogP contribution in [0.2, 0.25) is 5.02 Å². The minimum absolute atomic E-state index is 0.0135. The van der Waals surface area contributed by atoms with Gasteiger partial charge in [0.1, 0.15) is 0 Å². The fourth-order valence-electron chi connectivity index (χ4n) is 2.19. The zero-order valence-electron chi connectivity index (χ0n) is 14.2. The van der Waals surface area contributed by atoms with Gasteiger partial charge in [0.25, 0.3) is 5.91 Å².